The number of hydrogen-bond acceptors (Lipinski definition) is 4. The van der Waals surface area contributed by atoms with Crippen LogP contribution in [0, 0.1) is 0 Å². The maximum atomic E-state index is 11.5. The minimum absolute atomic E-state index is 0.0165. The highest BCUT2D eigenvalue weighted by Gasteiger charge is 2.30. The Hall–Kier alpha value is -1.88. The zero-order chi connectivity index (χ0) is 14.8. The molecule has 1 fully saturated rings. The van der Waals surface area contributed by atoms with Gasteiger partial charge in [0.05, 0.1) is 6.54 Å². The number of carbonyl (C=O) groups is 2. The van der Waals surface area contributed by atoms with E-state index < -0.39 is 6.10 Å². The van der Waals surface area contributed by atoms with Crippen LogP contribution in [0.5, 0.6) is 5.75 Å². The fourth-order valence-electron chi connectivity index (χ4n) is 2.92. The first-order valence-corrected chi connectivity index (χ1v) is 7.39. The lowest BCUT2D eigenvalue weighted by atomic mass is 10.1. The molecule has 1 aromatic rings. The van der Waals surface area contributed by atoms with E-state index in [1.807, 2.05) is 12.1 Å². The van der Waals surface area contributed by atoms with Crippen molar-refractivity contribution in [2.75, 3.05) is 13.2 Å². The largest absolute Gasteiger partial charge is 0.491 e. The molecule has 3 rings (SSSR count). The van der Waals surface area contributed by atoms with Gasteiger partial charge in [0.1, 0.15) is 18.5 Å². The average molecular weight is 289 g/mol. The van der Waals surface area contributed by atoms with Gasteiger partial charge in [-0.3, -0.25) is 14.5 Å². The van der Waals surface area contributed by atoms with E-state index >= 15 is 0 Å². The summed E-state index contributed by atoms with van der Waals surface area (Å²) >= 11 is 0. The van der Waals surface area contributed by atoms with Gasteiger partial charge in [0, 0.05) is 12.8 Å². The van der Waals surface area contributed by atoms with Gasteiger partial charge in [0.15, 0.2) is 0 Å². The zero-order valence-corrected chi connectivity index (χ0v) is 11.9. The number of rotatable bonds is 5. The number of amides is 2. The van der Waals surface area contributed by atoms with Gasteiger partial charge in [0.25, 0.3) is 0 Å². The van der Waals surface area contributed by atoms with Crippen LogP contribution in [0.3, 0.4) is 0 Å². The van der Waals surface area contributed by atoms with Gasteiger partial charge in [-0.15, -0.1) is 0 Å². The molecule has 1 atom stereocenters. The van der Waals surface area contributed by atoms with Gasteiger partial charge < -0.3 is 9.84 Å². The van der Waals surface area contributed by atoms with Crippen LogP contribution in [0.4, 0.5) is 0 Å². The summed E-state index contributed by atoms with van der Waals surface area (Å²) in [6, 6.07) is 5.99. The molecule has 2 amide bonds. The number of ether oxygens (including phenoxy) is 1. The van der Waals surface area contributed by atoms with Gasteiger partial charge in [-0.2, -0.15) is 0 Å². The second-order valence-corrected chi connectivity index (χ2v) is 5.65. The first-order chi connectivity index (χ1) is 10.1. The first-order valence-electron chi connectivity index (χ1n) is 7.39. The number of imide groups is 1. The van der Waals surface area contributed by atoms with Gasteiger partial charge in [-0.05, 0) is 42.5 Å². The van der Waals surface area contributed by atoms with Crippen molar-refractivity contribution in [2.45, 2.75) is 38.2 Å². The van der Waals surface area contributed by atoms with Gasteiger partial charge in [0.2, 0.25) is 11.8 Å². The Balaban J connectivity index is 1.53. The fourth-order valence-corrected chi connectivity index (χ4v) is 2.92. The molecule has 0 bridgehead atoms. The summed E-state index contributed by atoms with van der Waals surface area (Å²) in [6.45, 7) is 0.0957. The molecular formula is C16H19NO4. The first kappa shape index (κ1) is 14.1. The summed E-state index contributed by atoms with van der Waals surface area (Å²) in [4.78, 5) is 24.1. The Kier molecular flexibility index (Phi) is 3.92. The number of carbonyl (C=O) groups excluding carboxylic acids is 2. The lowest BCUT2D eigenvalue weighted by Crippen LogP contribution is -2.38. The number of fused-ring (bicyclic) bond motifs is 1. The molecule has 0 spiro atoms. The molecule has 1 saturated heterocycles. The Labute approximate surface area is 123 Å². The third-order valence-electron chi connectivity index (χ3n) is 4.06. The summed E-state index contributed by atoms with van der Waals surface area (Å²) < 4.78 is 5.57. The Morgan fingerprint density at radius 1 is 1.10 bits per heavy atom. The molecule has 1 heterocycles. The van der Waals surface area contributed by atoms with Crippen molar-refractivity contribution in [3.8, 4) is 5.75 Å². The van der Waals surface area contributed by atoms with E-state index in [9.17, 15) is 14.7 Å². The SMILES string of the molecule is O=C1CCC(=O)N1CC(O)COc1ccc2c(c1)CCC2. The summed E-state index contributed by atoms with van der Waals surface area (Å²) in [5.41, 5.74) is 2.68. The molecule has 21 heavy (non-hydrogen) atoms. The zero-order valence-electron chi connectivity index (χ0n) is 11.9. The monoisotopic (exact) mass is 289 g/mol. The van der Waals surface area contributed by atoms with Crippen LogP contribution in [-0.4, -0.2) is 41.1 Å². The summed E-state index contributed by atoms with van der Waals surface area (Å²) in [7, 11) is 0. The number of aliphatic hydroxyl groups is 1. The molecule has 1 aromatic carbocycles. The van der Waals surface area contributed by atoms with Crippen molar-refractivity contribution in [1.82, 2.24) is 4.90 Å². The number of likely N-dealkylation sites (tertiary alicyclic amines) is 1. The van der Waals surface area contributed by atoms with E-state index in [1.54, 1.807) is 0 Å². The number of benzene rings is 1. The molecule has 5 heteroatoms. The highest BCUT2D eigenvalue weighted by Crippen LogP contribution is 2.26. The Morgan fingerprint density at radius 3 is 2.57 bits per heavy atom. The minimum Gasteiger partial charge on any atom is -0.491 e. The number of hydrogen-bond donors (Lipinski definition) is 1. The number of nitrogens with zero attached hydrogens (tertiary/aromatic N) is 1. The summed E-state index contributed by atoms with van der Waals surface area (Å²) in [5.74, 6) is 0.307. The predicted octanol–water partition coefficient (Wildman–Crippen LogP) is 1.06. The topological polar surface area (TPSA) is 66.8 Å². The maximum Gasteiger partial charge on any atom is 0.229 e. The van der Waals surface area contributed by atoms with E-state index in [0.717, 1.165) is 23.5 Å². The van der Waals surface area contributed by atoms with Gasteiger partial charge in [-0.1, -0.05) is 6.07 Å². The molecule has 0 aromatic heterocycles. The molecule has 1 unspecified atom stereocenters. The molecule has 112 valence electrons. The van der Waals surface area contributed by atoms with Crippen molar-refractivity contribution in [3.63, 3.8) is 0 Å². The molecule has 2 aliphatic rings. The third-order valence-corrected chi connectivity index (χ3v) is 4.06. The normalized spacial score (nSPS) is 19.0. The highest BCUT2D eigenvalue weighted by molar-refractivity contribution is 6.01. The Bertz CT molecular complexity index is 553. The average Bonchev–Trinajstić information content (AvgIpc) is 3.06. The minimum atomic E-state index is -0.857. The van der Waals surface area contributed by atoms with Crippen molar-refractivity contribution in [1.29, 1.82) is 0 Å². The van der Waals surface area contributed by atoms with E-state index in [4.69, 9.17) is 4.74 Å². The molecule has 5 nitrogen and oxygen atoms in total. The van der Waals surface area contributed by atoms with Crippen LogP contribution >= 0.6 is 0 Å². The molecule has 0 saturated carbocycles. The van der Waals surface area contributed by atoms with E-state index in [0.29, 0.717) is 0 Å². The van der Waals surface area contributed by atoms with Crippen LogP contribution in [0.15, 0.2) is 18.2 Å². The van der Waals surface area contributed by atoms with E-state index in [2.05, 4.69) is 6.07 Å². The number of aliphatic hydroxyl groups excluding tert-OH is 1. The van der Waals surface area contributed by atoms with Crippen molar-refractivity contribution < 1.29 is 19.4 Å². The molecule has 1 aliphatic heterocycles. The van der Waals surface area contributed by atoms with Crippen molar-refractivity contribution in [2.24, 2.45) is 0 Å². The summed E-state index contributed by atoms with van der Waals surface area (Å²) in [5, 5.41) is 9.93. The van der Waals surface area contributed by atoms with Gasteiger partial charge >= 0.3 is 0 Å². The number of aryl methyl sites for hydroxylation is 2. The lowest BCUT2D eigenvalue weighted by molar-refractivity contribution is -0.140. The van der Waals surface area contributed by atoms with Crippen molar-refractivity contribution in [3.05, 3.63) is 29.3 Å². The lowest BCUT2D eigenvalue weighted by Gasteiger charge is -2.19. The quantitative estimate of drug-likeness (QED) is 0.823. The smallest absolute Gasteiger partial charge is 0.229 e. The Morgan fingerprint density at radius 2 is 1.81 bits per heavy atom. The molecular weight excluding hydrogens is 270 g/mol. The third kappa shape index (κ3) is 3.08. The van der Waals surface area contributed by atoms with E-state index in [1.165, 1.54) is 17.5 Å². The van der Waals surface area contributed by atoms with Crippen LogP contribution in [0.25, 0.3) is 0 Å². The van der Waals surface area contributed by atoms with Crippen molar-refractivity contribution >= 4 is 11.8 Å². The number of β-amino-alcohol motifs (C(OH)–C–C–N with tert-alkyl or cyclic N) is 1. The van der Waals surface area contributed by atoms with E-state index in [-0.39, 0.29) is 37.8 Å². The van der Waals surface area contributed by atoms with Crippen LogP contribution in [-0.2, 0) is 22.4 Å². The highest BCUT2D eigenvalue weighted by atomic mass is 16.5. The summed E-state index contributed by atoms with van der Waals surface area (Å²) in [6.07, 6.45) is 3.02. The van der Waals surface area contributed by atoms with Crippen LogP contribution < -0.4 is 4.74 Å². The van der Waals surface area contributed by atoms with Gasteiger partial charge in [-0.25, -0.2) is 0 Å². The maximum absolute atomic E-state index is 11.5. The standard InChI is InChI=1S/C16H19NO4/c18-13(9-17-15(19)6-7-16(17)20)10-21-14-5-4-11-2-1-3-12(11)8-14/h4-5,8,13,18H,1-3,6-7,9-10H2. The molecule has 1 aliphatic carbocycles. The van der Waals surface area contributed by atoms with Crippen LogP contribution in [0.2, 0.25) is 0 Å². The predicted molar refractivity (Wildman–Crippen MR) is 75.9 cm³/mol. The second kappa shape index (κ2) is 5.85. The van der Waals surface area contributed by atoms with Crippen LogP contribution in [0.1, 0.15) is 30.4 Å². The second-order valence-electron chi connectivity index (χ2n) is 5.65. The fraction of sp³-hybridized carbons (Fsp3) is 0.500. The molecule has 0 radical (unpaired) electrons. The molecule has 1 N–H and O–H groups in total.